The van der Waals surface area contributed by atoms with E-state index < -0.39 is 11.7 Å². The number of halogens is 1. The van der Waals surface area contributed by atoms with Crippen LogP contribution in [-0.2, 0) is 0 Å². The van der Waals surface area contributed by atoms with E-state index in [0.29, 0.717) is 5.69 Å². The van der Waals surface area contributed by atoms with Crippen molar-refractivity contribution >= 4 is 17.3 Å². The van der Waals surface area contributed by atoms with Crippen LogP contribution in [-0.4, -0.2) is 10.9 Å². The number of benzene rings is 1. The van der Waals surface area contributed by atoms with Gasteiger partial charge in [-0.25, -0.2) is 4.39 Å². The Hall–Kier alpha value is -2.63. The SMILES string of the molecule is Nc1cccc(F)c1C(=O)NNc1ccncc1. The van der Waals surface area contributed by atoms with E-state index >= 15 is 0 Å². The number of nitrogens with zero attached hydrogens (tertiary/aromatic N) is 1. The quantitative estimate of drug-likeness (QED) is 0.567. The molecule has 2 rings (SSSR count). The van der Waals surface area contributed by atoms with Gasteiger partial charge in [-0.3, -0.25) is 20.6 Å². The fraction of sp³-hybridized carbons (Fsp3) is 0. The van der Waals surface area contributed by atoms with Gasteiger partial charge in [0.1, 0.15) is 5.82 Å². The lowest BCUT2D eigenvalue weighted by Crippen LogP contribution is -2.30. The summed E-state index contributed by atoms with van der Waals surface area (Å²) in [6.07, 6.45) is 3.12. The van der Waals surface area contributed by atoms with Crippen molar-refractivity contribution in [1.82, 2.24) is 10.4 Å². The van der Waals surface area contributed by atoms with Crippen molar-refractivity contribution in [2.24, 2.45) is 0 Å². The van der Waals surface area contributed by atoms with Gasteiger partial charge in [-0.05, 0) is 24.3 Å². The van der Waals surface area contributed by atoms with Crippen molar-refractivity contribution in [3.8, 4) is 0 Å². The Balaban J connectivity index is 2.09. The zero-order valence-corrected chi connectivity index (χ0v) is 9.35. The standard InChI is InChI=1S/C12H11FN4O/c13-9-2-1-3-10(14)11(9)12(18)17-16-8-4-6-15-7-5-8/h1-7H,14H2,(H,15,16)(H,17,18). The minimum absolute atomic E-state index is 0.0871. The van der Waals surface area contributed by atoms with Gasteiger partial charge in [-0.2, -0.15) is 0 Å². The number of nitrogen functional groups attached to an aromatic ring is 1. The second kappa shape index (κ2) is 5.13. The van der Waals surface area contributed by atoms with E-state index in [1.807, 2.05) is 0 Å². The Bertz CT molecular complexity index is 539. The molecule has 0 bridgehead atoms. The van der Waals surface area contributed by atoms with Gasteiger partial charge in [0.15, 0.2) is 0 Å². The van der Waals surface area contributed by atoms with E-state index in [1.165, 1.54) is 18.2 Å². The van der Waals surface area contributed by atoms with Crippen LogP contribution in [0.2, 0.25) is 0 Å². The summed E-state index contributed by atoms with van der Waals surface area (Å²) in [5.41, 5.74) is 11.1. The molecule has 1 aromatic carbocycles. The summed E-state index contributed by atoms with van der Waals surface area (Å²) < 4.78 is 13.4. The highest BCUT2D eigenvalue weighted by atomic mass is 19.1. The molecule has 0 aliphatic rings. The topological polar surface area (TPSA) is 80.0 Å². The fourth-order valence-corrected chi connectivity index (χ4v) is 1.41. The second-order valence-corrected chi connectivity index (χ2v) is 3.52. The third kappa shape index (κ3) is 2.54. The molecule has 5 nitrogen and oxygen atoms in total. The molecule has 18 heavy (non-hydrogen) atoms. The molecule has 0 saturated heterocycles. The van der Waals surface area contributed by atoms with Crippen molar-refractivity contribution in [2.75, 3.05) is 11.2 Å². The van der Waals surface area contributed by atoms with Crippen LogP contribution in [0, 0.1) is 5.82 Å². The number of hydrogen-bond donors (Lipinski definition) is 3. The number of carbonyl (C=O) groups excluding carboxylic acids is 1. The summed E-state index contributed by atoms with van der Waals surface area (Å²) in [5, 5.41) is 0. The molecule has 0 radical (unpaired) electrons. The Morgan fingerprint density at radius 2 is 1.94 bits per heavy atom. The lowest BCUT2D eigenvalue weighted by Gasteiger charge is -2.10. The van der Waals surface area contributed by atoms with Crippen molar-refractivity contribution < 1.29 is 9.18 Å². The Morgan fingerprint density at radius 1 is 1.22 bits per heavy atom. The number of aromatic nitrogens is 1. The van der Waals surface area contributed by atoms with Crippen molar-refractivity contribution in [3.63, 3.8) is 0 Å². The second-order valence-electron chi connectivity index (χ2n) is 3.52. The largest absolute Gasteiger partial charge is 0.398 e. The highest BCUT2D eigenvalue weighted by Crippen LogP contribution is 2.15. The molecule has 0 aliphatic heterocycles. The molecular weight excluding hydrogens is 235 g/mol. The summed E-state index contributed by atoms with van der Waals surface area (Å²) in [6.45, 7) is 0. The highest BCUT2D eigenvalue weighted by molar-refractivity contribution is 5.99. The smallest absolute Gasteiger partial charge is 0.274 e. The van der Waals surface area contributed by atoms with Crippen molar-refractivity contribution in [3.05, 3.63) is 54.1 Å². The first-order chi connectivity index (χ1) is 8.68. The van der Waals surface area contributed by atoms with E-state index in [9.17, 15) is 9.18 Å². The van der Waals surface area contributed by atoms with Crippen LogP contribution < -0.4 is 16.6 Å². The predicted octanol–water partition coefficient (Wildman–Crippen LogP) is 1.56. The van der Waals surface area contributed by atoms with Crippen LogP contribution in [0.5, 0.6) is 0 Å². The first-order valence-electron chi connectivity index (χ1n) is 5.19. The maximum absolute atomic E-state index is 13.4. The third-order valence-electron chi connectivity index (χ3n) is 2.27. The first kappa shape index (κ1) is 11.8. The molecule has 0 saturated carbocycles. The number of hydrogen-bond acceptors (Lipinski definition) is 4. The maximum atomic E-state index is 13.4. The van der Waals surface area contributed by atoms with Gasteiger partial charge >= 0.3 is 0 Å². The van der Waals surface area contributed by atoms with Gasteiger partial charge in [0, 0.05) is 18.1 Å². The number of nitrogens with two attached hydrogens (primary N) is 1. The number of nitrogens with one attached hydrogen (secondary N) is 2. The maximum Gasteiger partial charge on any atom is 0.274 e. The molecule has 6 heteroatoms. The predicted molar refractivity (Wildman–Crippen MR) is 66.1 cm³/mol. The summed E-state index contributed by atoms with van der Waals surface area (Å²) >= 11 is 0. The normalized spacial score (nSPS) is 9.83. The van der Waals surface area contributed by atoms with Crippen molar-refractivity contribution in [1.29, 1.82) is 0 Å². The average Bonchev–Trinajstić information content (AvgIpc) is 2.37. The molecular formula is C12H11FN4O. The zero-order chi connectivity index (χ0) is 13.0. The van der Waals surface area contributed by atoms with Crippen LogP contribution in [0.4, 0.5) is 15.8 Å². The Labute approximate surface area is 103 Å². The van der Waals surface area contributed by atoms with Gasteiger partial charge in [0.05, 0.1) is 11.3 Å². The van der Waals surface area contributed by atoms with Crippen LogP contribution >= 0.6 is 0 Å². The van der Waals surface area contributed by atoms with E-state index in [4.69, 9.17) is 5.73 Å². The Kier molecular flexibility index (Phi) is 3.38. The average molecular weight is 246 g/mol. The van der Waals surface area contributed by atoms with Gasteiger partial charge in [-0.1, -0.05) is 6.07 Å². The lowest BCUT2D eigenvalue weighted by molar-refractivity contribution is 0.0959. The van der Waals surface area contributed by atoms with Crippen LogP contribution in [0.25, 0.3) is 0 Å². The molecule has 1 heterocycles. The zero-order valence-electron chi connectivity index (χ0n) is 9.35. The van der Waals surface area contributed by atoms with Gasteiger partial charge in [-0.15, -0.1) is 0 Å². The number of hydrazine groups is 1. The summed E-state index contributed by atoms with van der Waals surface area (Å²) in [5.74, 6) is -1.30. The minimum Gasteiger partial charge on any atom is -0.398 e. The van der Waals surface area contributed by atoms with Crippen LogP contribution in [0.15, 0.2) is 42.7 Å². The van der Waals surface area contributed by atoms with E-state index in [0.717, 1.165) is 0 Å². The monoisotopic (exact) mass is 246 g/mol. The lowest BCUT2D eigenvalue weighted by atomic mass is 10.1. The Morgan fingerprint density at radius 3 is 2.61 bits per heavy atom. The molecule has 4 N–H and O–H groups in total. The molecule has 2 aromatic rings. The van der Waals surface area contributed by atoms with E-state index in [2.05, 4.69) is 15.8 Å². The first-order valence-corrected chi connectivity index (χ1v) is 5.19. The number of carbonyl (C=O) groups is 1. The summed E-state index contributed by atoms with van der Waals surface area (Å²) in [7, 11) is 0. The molecule has 0 aliphatic carbocycles. The molecule has 1 aromatic heterocycles. The third-order valence-corrected chi connectivity index (χ3v) is 2.27. The van der Waals surface area contributed by atoms with Crippen LogP contribution in [0.3, 0.4) is 0 Å². The highest BCUT2D eigenvalue weighted by Gasteiger charge is 2.14. The number of pyridine rings is 1. The molecule has 92 valence electrons. The molecule has 0 spiro atoms. The summed E-state index contributed by atoms with van der Waals surface area (Å²) in [6, 6.07) is 7.40. The number of rotatable bonds is 3. The van der Waals surface area contributed by atoms with E-state index in [1.54, 1.807) is 24.5 Å². The van der Waals surface area contributed by atoms with Gasteiger partial charge in [0.2, 0.25) is 0 Å². The van der Waals surface area contributed by atoms with Crippen molar-refractivity contribution in [2.45, 2.75) is 0 Å². The number of anilines is 2. The number of amides is 1. The summed E-state index contributed by atoms with van der Waals surface area (Å²) in [4.78, 5) is 15.6. The van der Waals surface area contributed by atoms with Gasteiger partial charge in [0.25, 0.3) is 5.91 Å². The minimum atomic E-state index is -0.663. The molecule has 1 amide bonds. The molecule has 0 atom stereocenters. The van der Waals surface area contributed by atoms with Gasteiger partial charge < -0.3 is 5.73 Å². The fourth-order valence-electron chi connectivity index (χ4n) is 1.41. The molecule has 0 fully saturated rings. The molecule has 0 unspecified atom stereocenters. The van der Waals surface area contributed by atoms with E-state index in [-0.39, 0.29) is 11.3 Å². The van der Waals surface area contributed by atoms with Crippen LogP contribution in [0.1, 0.15) is 10.4 Å².